The summed E-state index contributed by atoms with van der Waals surface area (Å²) in [4.78, 5) is 3.03. The molecule has 1 aromatic carbocycles. The SMILES string of the molecule is NCc1cc(-c2cccc(F)c2)c[nH]1. The van der Waals surface area contributed by atoms with Gasteiger partial charge in [-0.05, 0) is 29.3 Å². The van der Waals surface area contributed by atoms with Crippen LogP contribution in [0.5, 0.6) is 0 Å². The molecule has 0 spiro atoms. The first-order valence-corrected chi connectivity index (χ1v) is 4.43. The zero-order valence-corrected chi connectivity index (χ0v) is 7.63. The highest BCUT2D eigenvalue weighted by Crippen LogP contribution is 2.20. The van der Waals surface area contributed by atoms with Crippen LogP contribution in [0, 0.1) is 5.82 Å². The molecule has 0 aliphatic rings. The second-order valence-corrected chi connectivity index (χ2v) is 3.13. The molecule has 0 saturated carbocycles. The Hall–Kier alpha value is -1.61. The Bertz CT molecular complexity index is 434. The maximum Gasteiger partial charge on any atom is 0.123 e. The number of aromatic amines is 1. The lowest BCUT2D eigenvalue weighted by Gasteiger charge is -1.96. The highest BCUT2D eigenvalue weighted by atomic mass is 19.1. The second kappa shape index (κ2) is 3.64. The largest absolute Gasteiger partial charge is 0.363 e. The molecule has 14 heavy (non-hydrogen) atoms. The van der Waals surface area contributed by atoms with Crippen molar-refractivity contribution < 1.29 is 4.39 Å². The van der Waals surface area contributed by atoms with E-state index in [-0.39, 0.29) is 5.82 Å². The van der Waals surface area contributed by atoms with Gasteiger partial charge in [0, 0.05) is 18.4 Å². The Morgan fingerprint density at radius 3 is 2.71 bits per heavy atom. The monoisotopic (exact) mass is 190 g/mol. The predicted octanol–water partition coefficient (Wildman–Crippen LogP) is 2.28. The molecule has 1 aromatic heterocycles. The Kier molecular flexibility index (Phi) is 2.33. The fraction of sp³-hybridized carbons (Fsp3) is 0.0909. The van der Waals surface area contributed by atoms with E-state index in [1.807, 2.05) is 18.3 Å². The van der Waals surface area contributed by atoms with Gasteiger partial charge in [0.1, 0.15) is 5.82 Å². The summed E-state index contributed by atoms with van der Waals surface area (Å²) < 4.78 is 12.9. The third-order valence-electron chi connectivity index (χ3n) is 2.12. The number of halogens is 1. The summed E-state index contributed by atoms with van der Waals surface area (Å²) in [6.45, 7) is 0.468. The predicted molar refractivity (Wildman–Crippen MR) is 54.1 cm³/mol. The summed E-state index contributed by atoms with van der Waals surface area (Å²) in [7, 11) is 0. The van der Waals surface area contributed by atoms with Crippen molar-refractivity contribution in [1.29, 1.82) is 0 Å². The van der Waals surface area contributed by atoms with E-state index in [0.29, 0.717) is 6.54 Å². The topological polar surface area (TPSA) is 41.8 Å². The molecule has 0 aliphatic heterocycles. The third-order valence-corrected chi connectivity index (χ3v) is 2.12. The maximum absolute atomic E-state index is 12.9. The summed E-state index contributed by atoms with van der Waals surface area (Å²) in [5.74, 6) is -0.224. The number of aromatic nitrogens is 1. The van der Waals surface area contributed by atoms with E-state index >= 15 is 0 Å². The first-order valence-electron chi connectivity index (χ1n) is 4.43. The molecule has 0 aliphatic carbocycles. The smallest absolute Gasteiger partial charge is 0.123 e. The normalized spacial score (nSPS) is 10.4. The van der Waals surface area contributed by atoms with Crippen molar-refractivity contribution in [3.63, 3.8) is 0 Å². The minimum Gasteiger partial charge on any atom is -0.363 e. The molecule has 3 N–H and O–H groups in total. The number of hydrogen-bond donors (Lipinski definition) is 2. The van der Waals surface area contributed by atoms with Crippen molar-refractivity contribution in [2.75, 3.05) is 0 Å². The molecule has 3 heteroatoms. The van der Waals surface area contributed by atoms with E-state index in [9.17, 15) is 4.39 Å². The molecule has 0 atom stereocenters. The van der Waals surface area contributed by atoms with Gasteiger partial charge >= 0.3 is 0 Å². The molecule has 0 fully saturated rings. The summed E-state index contributed by atoms with van der Waals surface area (Å²) in [5, 5.41) is 0. The van der Waals surface area contributed by atoms with E-state index in [1.54, 1.807) is 6.07 Å². The van der Waals surface area contributed by atoms with Crippen LogP contribution in [0.15, 0.2) is 36.5 Å². The number of nitrogens with one attached hydrogen (secondary N) is 1. The summed E-state index contributed by atoms with van der Waals surface area (Å²) >= 11 is 0. The lowest BCUT2D eigenvalue weighted by molar-refractivity contribution is 0.628. The zero-order chi connectivity index (χ0) is 9.97. The number of H-pyrrole nitrogens is 1. The highest BCUT2D eigenvalue weighted by molar-refractivity contribution is 5.63. The van der Waals surface area contributed by atoms with Gasteiger partial charge in [0.15, 0.2) is 0 Å². The summed E-state index contributed by atoms with van der Waals surface area (Å²) in [6.07, 6.45) is 1.83. The molecule has 0 unspecified atom stereocenters. The average Bonchev–Trinajstić information content (AvgIpc) is 2.66. The fourth-order valence-corrected chi connectivity index (χ4v) is 1.39. The summed E-state index contributed by atoms with van der Waals surface area (Å²) in [6, 6.07) is 8.42. The second-order valence-electron chi connectivity index (χ2n) is 3.13. The molecule has 0 saturated heterocycles. The molecule has 72 valence electrons. The van der Waals surface area contributed by atoms with Gasteiger partial charge in [-0.1, -0.05) is 12.1 Å². The first kappa shape index (κ1) is 8.97. The van der Waals surface area contributed by atoms with Gasteiger partial charge in [-0.2, -0.15) is 0 Å². The van der Waals surface area contributed by atoms with Gasteiger partial charge in [0.05, 0.1) is 0 Å². The minimum absolute atomic E-state index is 0.224. The Morgan fingerprint density at radius 2 is 2.07 bits per heavy atom. The van der Waals surface area contributed by atoms with Crippen LogP contribution in [0.25, 0.3) is 11.1 Å². The molecule has 2 rings (SSSR count). The van der Waals surface area contributed by atoms with E-state index in [4.69, 9.17) is 5.73 Å². The first-order chi connectivity index (χ1) is 6.79. The molecule has 2 aromatic rings. The van der Waals surface area contributed by atoms with Gasteiger partial charge in [-0.25, -0.2) is 4.39 Å². The van der Waals surface area contributed by atoms with Crippen molar-refractivity contribution in [3.8, 4) is 11.1 Å². The van der Waals surface area contributed by atoms with E-state index in [1.165, 1.54) is 12.1 Å². The minimum atomic E-state index is -0.224. The van der Waals surface area contributed by atoms with Crippen molar-refractivity contribution in [3.05, 3.63) is 48.0 Å². The van der Waals surface area contributed by atoms with Crippen LogP contribution in [-0.2, 0) is 6.54 Å². The van der Waals surface area contributed by atoms with Crippen LogP contribution in [-0.4, -0.2) is 4.98 Å². The fourth-order valence-electron chi connectivity index (χ4n) is 1.39. The average molecular weight is 190 g/mol. The number of rotatable bonds is 2. The lowest BCUT2D eigenvalue weighted by atomic mass is 10.1. The van der Waals surface area contributed by atoms with Crippen molar-refractivity contribution >= 4 is 0 Å². The quantitative estimate of drug-likeness (QED) is 0.749. The van der Waals surface area contributed by atoms with Crippen LogP contribution in [0.4, 0.5) is 4.39 Å². The molecule has 1 heterocycles. The van der Waals surface area contributed by atoms with Gasteiger partial charge in [0.25, 0.3) is 0 Å². The standard InChI is InChI=1S/C11H11FN2/c12-10-3-1-2-8(4-10)9-5-11(6-13)14-7-9/h1-5,7,14H,6,13H2. The number of hydrogen-bond acceptors (Lipinski definition) is 1. The number of nitrogens with two attached hydrogens (primary N) is 1. The van der Waals surface area contributed by atoms with Gasteiger partial charge in [0.2, 0.25) is 0 Å². The molecule has 0 bridgehead atoms. The van der Waals surface area contributed by atoms with Crippen LogP contribution >= 0.6 is 0 Å². The molecule has 0 amide bonds. The Balaban J connectivity index is 2.39. The number of benzene rings is 1. The van der Waals surface area contributed by atoms with Gasteiger partial charge in [-0.3, -0.25) is 0 Å². The Morgan fingerprint density at radius 1 is 1.21 bits per heavy atom. The summed E-state index contributed by atoms with van der Waals surface area (Å²) in [5.41, 5.74) is 8.24. The van der Waals surface area contributed by atoms with Crippen molar-refractivity contribution in [1.82, 2.24) is 4.98 Å². The van der Waals surface area contributed by atoms with Gasteiger partial charge < -0.3 is 10.7 Å². The molecular weight excluding hydrogens is 179 g/mol. The lowest BCUT2D eigenvalue weighted by Crippen LogP contribution is -1.94. The van der Waals surface area contributed by atoms with Crippen LogP contribution in [0.3, 0.4) is 0 Å². The van der Waals surface area contributed by atoms with Crippen LogP contribution in [0.1, 0.15) is 5.69 Å². The Labute approximate surface area is 81.6 Å². The van der Waals surface area contributed by atoms with Crippen molar-refractivity contribution in [2.24, 2.45) is 5.73 Å². The van der Waals surface area contributed by atoms with Crippen LogP contribution < -0.4 is 5.73 Å². The highest BCUT2D eigenvalue weighted by Gasteiger charge is 2.01. The zero-order valence-electron chi connectivity index (χ0n) is 7.63. The van der Waals surface area contributed by atoms with Crippen molar-refractivity contribution in [2.45, 2.75) is 6.54 Å². The third kappa shape index (κ3) is 1.67. The van der Waals surface area contributed by atoms with E-state index in [0.717, 1.165) is 16.8 Å². The molecule has 2 nitrogen and oxygen atoms in total. The van der Waals surface area contributed by atoms with Crippen LogP contribution in [0.2, 0.25) is 0 Å². The van der Waals surface area contributed by atoms with E-state index in [2.05, 4.69) is 4.98 Å². The van der Waals surface area contributed by atoms with Gasteiger partial charge in [-0.15, -0.1) is 0 Å². The van der Waals surface area contributed by atoms with E-state index < -0.39 is 0 Å². The molecule has 0 radical (unpaired) electrons. The maximum atomic E-state index is 12.9. The molecular formula is C11H11FN2.